The van der Waals surface area contributed by atoms with Crippen LogP contribution in [0.5, 0.6) is 0 Å². The van der Waals surface area contributed by atoms with Crippen LogP contribution in [0.2, 0.25) is 0 Å². The van der Waals surface area contributed by atoms with Crippen molar-refractivity contribution in [3.8, 4) is 5.69 Å². The van der Waals surface area contributed by atoms with Crippen molar-refractivity contribution in [2.24, 2.45) is 0 Å². The molecule has 0 amide bonds. The van der Waals surface area contributed by atoms with Gasteiger partial charge in [-0.1, -0.05) is 30.0 Å². The van der Waals surface area contributed by atoms with E-state index in [1.165, 1.54) is 0 Å². The van der Waals surface area contributed by atoms with Gasteiger partial charge in [0.15, 0.2) is 0 Å². The van der Waals surface area contributed by atoms with Crippen molar-refractivity contribution in [3.05, 3.63) is 36.2 Å². The lowest BCUT2D eigenvalue weighted by Gasteiger charge is -2.00. The number of hydrogen-bond acceptors (Lipinski definition) is 3. The van der Waals surface area contributed by atoms with Gasteiger partial charge in [0.1, 0.15) is 5.82 Å². The standard InChI is InChI=1S/C10H11N3S/c1-8-11-10(14-2)12-13(8)9-6-4-3-5-7-9/h3-7H,1-2H3. The molecule has 72 valence electrons. The zero-order valence-electron chi connectivity index (χ0n) is 8.14. The normalized spacial score (nSPS) is 10.4. The second-order valence-corrected chi connectivity index (χ2v) is 3.67. The Bertz CT molecular complexity index is 422. The second-order valence-electron chi connectivity index (χ2n) is 2.89. The maximum Gasteiger partial charge on any atom is 0.208 e. The molecule has 0 aliphatic rings. The number of nitrogens with zero attached hydrogens (tertiary/aromatic N) is 3. The first kappa shape index (κ1) is 9.27. The highest BCUT2D eigenvalue weighted by atomic mass is 32.2. The first-order chi connectivity index (χ1) is 6.81. The summed E-state index contributed by atoms with van der Waals surface area (Å²) < 4.78 is 1.85. The molecule has 0 aliphatic carbocycles. The molecule has 1 heterocycles. The lowest BCUT2D eigenvalue weighted by atomic mass is 10.3. The molecule has 0 aliphatic heterocycles. The molecule has 1 aromatic heterocycles. The largest absolute Gasteiger partial charge is 0.217 e. The van der Waals surface area contributed by atoms with E-state index in [-0.39, 0.29) is 0 Å². The summed E-state index contributed by atoms with van der Waals surface area (Å²) in [6.07, 6.45) is 1.98. The minimum absolute atomic E-state index is 0.811. The summed E-state index contributed by atoms with van der Waals surface area (Å²) in [4.78, 5) is 4.32. The van der Waals surface area contributed by atoms with Gasteiger partial charge in [-0.05, 0) is 25.3 Å². The molecular formula is C10H11N3S. The minimum Gasteiger partial charge on any atom is -0.217 e. The molecule has 0 radical (unpaired) electrons. The molecule has 2 aromatic rings. The third kappa shape index (κ3) is 1.65. The van der Waals surface area contributed by atoms with Gasteiger partial charge in [0.05, 0.1) is 5.69 Å². The monoisotopic (exact) mass is 205 g/mol. The summed E-state index contributed by atoms with van der Waals surface area (Å²) in [5.41, 5.74) is 1.05. The van der Waals surface area contributed by atoms with E-state index in [2.05, 4.69) is 10.1 Å². The summed E-state index contributed by atoms with van der Waals surface area (Å²) in [6.45, 7) is 1.96. The van der Waals surface area contributed by atoms with E-state index in [1.54, 1.807) is 11.8 Å². The number of thioether (sulfide) groups is 1. The average molecular weight is 205 g/mol. The van der Waals surface area contributed by atoms with Crippen LogP contribution in [0.25, 0.3) is 5.69 Å². The Morgan fingerprint density at radius 3 is 2.50 bits per heavy atom. The van der Waals surface area contributed by atoms with Crippen LogP contribution in [-0.4, -0.2) is 21.0 Å². The van der Waals surface area contributed by atoms with E-state index in [1.807, 2.05) is 48.2 Å². The van der Waals surface area contributed by atoms with E-state index in [0.29, 0.717) is 0 Å². The smallest absolute Gasteiger partial charge is 0.208 e. The zero-order valence-corrected chi connectivity index (χ0v) is 8.95. The number of aryl methyl sites for hydroxylation is 1. The fourth-order valence-corrected chi connectivity index (χ4v) is 1.65. The number of para-hydroxylation sites is 1. The Hall–Kier alpha value is -1.29. The van der Waals surface area contributed by atoms with Crippen LogP contribution < -0.4 is 0 Å². The van der Waals surface area contributed by atoms with Crippen LogP contribution in [0.4, 0.5) is 0 Å². The average Bonchev–Trinajstić information content (AvgIpc) is 2.61. The number of benzene rings is 1. The summed E-state index contributed by atoms with van der Waals surface area (Å²) >= 11 is 1.56. The van der Waals surface area contributed by atoms with Crippen molar-refractivity contribution < 1.29 is 0 Å². The molecule has 0 N–H and O–H groups in total. The molecule has 0 fully saturated rings. The Morgan fingerprint density at radius 1 is 1.21 bits per heavy atom. The van der Waals surface area contributed by atoms with Gasteiger partial charge in [-0.2, -0.15) is 0 Å². The van der Waals surface area contributed by atoms with E-state index < -0.39 is 0 Å². The predicted octanol–water partition coefficient (Wildman–Crippen LogP) is 2.30. The molecule has 0 saturated heterocycles. The molecule has 14 heavy (non-hydrogen) atoms. The lowest BCUT2D eigenvalue weighted by Crippen LogP contribution is -1.98. The molecule has 4 heteroatoms. The molecule has 1 aromatic carbocycles. The Labute approximate surface area is 87.2 Å². The third-order valence-corrected chi connectivity index (χ3v) is 2.47. The molecule has 2 rings (SSSR count). The molecule has 0 spiro atoms. The van der Waals surface area contributed by atoms with Gasteiger partial charge in [0.2, 0.25) is 5.16 Å². The van der Waals surface area contributed by atoms with Gasteiger partial charge in [-0.15, -0.1) is 5.10 Å². The van der Waals surface area contributed by atoms with Crippen LogP contribution in [-0.2, 0) is 0 Å². The van der Waals surface area contributed by atoms with Crippen molar-refractivity contribution in [1.29, 1.82) is 0 Å². The van der Waals surface area contributed by atoms with Gasteiger partial charge in [-0.25, -0.2) is 9.67 Å². The summed E-state index contributed by atoms with van der Waals surface area (Å²) in [5.74, 6) is 0.917. The van der Waals surface area contributed by atoms with Gasteiger partial charge in [0.25, 0.3) is 0 Å². The van der Waals surface area contributed by atoms with Gasteiger partial charge >= 0.3 is 0 Å². The quantitative estimate of drug-likeness (QED) is 0.705. The molecule has 3 nitrogen and oxygen atoms in total. The van der Waals surface area contributed by atoms with Gasteiger partial charge < -0.3 is 0 Å². The fraction of sp³-hybridized carbons (Fsp3) is 0.200. The lowest BCUT2D eigenvalue weighted by molar-refractivity contribution is 0.814. The topological polar surface area (TPSA) is 30.7 Å². The van der Waals surface area contributed by atoms with Crippen molar-refractivity contribution in [2.45, 2.75) is 12.1 Å². The van der Waals surface area contributed by atoms with Gasteiger partial charge in [-0.3, -0.25) is 0 Å². The third-order valence-electron chi connectivity index (χ3n) is 1.93. The van der Waals surface area contributed by atoms with E-state index in [9.17, 15) is 0 Å². The Balaban J connectivity index is 2.46. The number of aromatic nitrogens is 3. The summed E-state index contributed by atoms with van der Waals surface area (Å²) in [5, 5.41) is 5.18. The maximum atomic E-state index is 4.37. The molecule has 0 atom stereocenters. The Morgan fingerprint density at radius 2 is 1.93 bits per heavy atom. The predicted molar refractivity (Wildman–Crippen MR) is 57.9 cm³/mol. The van der Waals surface area contributed by atoms with Crippen LogP contribution in [0.3, 0.4) is 0 Å². The highest BCUT2D eigenvalue weighted by molar-refractivity contribution is 7.98. The van der Waals surface area contributed by atoms with Crippen LogP contribution in [0, 0.1) is 6.92 Å². The maximum absolute atomic E-state index is 4.37. The second kappa shape index (κ2) is 3.84. The SMILES string of the molecule is CSc1nc(C)n(-c2ccccc2)n1. The first-order valence-electron chi connectivity index (χ1n) is 4.34. The van der Waals surface area contributed by atoms with Crippen molar-refractivity contribution in [3.63, 3.8) is 0 Å². The first-order valence-corrected chi connectivity index (χ1v) is 5.57. The molecular weight excluding hydrogens is 194 g/mol. The van der Waals surface area contributed by atoms with Crippen molar-refractivity contribution in [1.82, 2.24) is 14.8 Å². The fourth-order valence-electron chi connectivity index (χ4n) is 1.27. The highest BCUT2D eigenvalue weighted by Crippen LogP contribution is 2.13. The van der Waals surface area contributed by atoms with E-state index in [0.717, 1.165) is 16.7 Å². The molecule has 0 unspecified atom stereocenters. The van der Waals surface area contributed by atoms with Crippen LogP contribution in [0.15, 0.2) is 35.5 Å². The summed E-state index contributed by atoms with van der Waals surface area (Å²) in [7, 11) is 0. The zero-order chi connectivity index (χ0) is 9.97. The number of rotatable bonds is 2. The Kier molecular flexibility index (Phi) is 2.54. The van der Waals surface area contributed by atoms with E-state index >= 15 is 0 Å². The molecule has 0 saturated carbocycles. The van der Waals surface area contributed by atoms with E-state index in [4.69, 9.17) is 0 Å². The van der Waals surface area contributed by atoms with Crippen LogP contribution in [0.1, 0.15) is 5.82 Å². The summed E-state index contributed by atoms with van der Waals surface area (Å²) in [6, 6.07) is 10.0. The minimum atomic E-state index is 0.811. The highest BCUT2D eigenvalue weighted by Gasteiger charge is 2.05. The van der Waals surface area contributed by atoms with Crippen LogP contribution >= 0.6 is 11.8 Å². The number of hydrogen-bond donors (Lipinski definition) is 0. The van der Waals surface area contributed by atoms with Crippen molar-refractivity contribution >= 4 is 11.8 Å². The molecule has 0 bridgehead atoms. The van der Waals surface area contributed by atoms with Gasteiger partial charge in [0, 0.05) is 0 Å². The van der Waals surface area contributed by atoms with Crippen molar-refractivity contribution in [2.75, 3.05) is 6.26 Å².